The van der Waals surface area contributed by atoms with E-state index in [1.54, 1.807) is 17.8 Å². The molecule has 0 N–H and O–H groups in total. The van der Waals surface area contributed by atoms with E-state index < -0.39 is 6.29 Å². The van der Waals surface area contributed by atoms with Gasteiger partial charge in [-0.15, -0.1) is 0 Å². The number of ether oxygens (including phenoxy) is 2. The van der Waals surface area contributed by atoms with Gasteiger partial charge in [0, 0.05) is 9.79 Å². The van der Waals surface area contributed by atoms with Crippen molar-refractivity contribution in [3.05, 3.63) is 58.9 Å². The summed E-state index contributed by atoms with van der Waals surface area (Å²) in [6.45, 7) is 5.14. The van der Waals surface area contributed by atoms with Crippen LogP contribution < -0.4 is 0 Å². The molecule has 0 aliphatic carbocycles. The molecule has 2 aromatic rings. The van der Waals surface area contributed by atoms with Crippen molar-refractivity contribution in [2.24, 2.45) is 0 Å². The highest BCUT2D eigenvalue weighted by atomic mass is 32.2. The first-order valence-electron chi connectivity index (χ1n) is 6.92. The van der Waals surface area contributed by atoms with Gasteiger partial charge in [-0.25, -0.2) is 4.39 Å². The van der Waals surface area contributed by atoms with Crippen molar-refractivity contribution in [1.82, 2.24) is 0 Å². The zero-order valence-electron chi connectivity index (χ0n) is 12.1. The molecule has 1 aliphatic rings. The van der Waals surface area contributed by atoms with Crippen molar-refractivity contribution >= 4 is 11.8 Å². The Hall–Kier alpha value is -1.36. The Balaban J connectivity index is 1.96. The Morgan fingerprint density at radius 1 is 1.05 bits per heavy atom. The van der Waals surface area contributed by atoms with Crippen LogP contribution in [0.25, 0.3) is 0 Å². The normalized spacial score (nSPS) is 15.6. The van der Waals surface area contributed by atoms with Crippen LogP contribution in [0.1, 0.15) is 23.0 Å². The minimum Gasteiger partial charge on any atom is -0.346 e. The van der Waals surface area contributed by atoms with Crippen LogP contribution >= 0.6 is 11.8 Å². The molecular formula is C17H17FO2S. The van der Waals surface area contributed by atoms with E-state index in [0.29, 0.717) is 18.8 Å². The van der Waals surface area contributed by atoms with E-state index in [1.165, 1.54) is 17.2 Å². The quantitative estimate of drug-likeness (QED) is 0.823. The van der Waals surface area contributed by atoms with E-state index in [2.05, 4.69) is 32.0 Å². The fraction of sp³-hybridized carbons (Fsp3) is 0.294. The lowest BCUT2D eigenvalue weighted by Crippen LogP contribution is -2.03. The van der Waals surface area contributed by atoms with Crippen molar-refractivity contribution in [2.75, 3.05) is 13.2 Å². The van der Waals surface area contributed by atoms with Crippen molar-refractivity contribution in [3.8, 4) is 0 Å². The van der Waals surface area contributed by atoms with Crippen molar-refractivity contribution < 1.29 is 13.9 Å². The number of benzene rings is 2. The molecular weight excluding hydrogens is 287 g/mol. The maximum atomic E-state index is 14.2. The summed E-state index contributed by atoms with van der Waals surface area (Å²) >= 11 is 1.55. The molecule has 2 nitrogen and oxygen atoms in total. The molecule has 3 rings (SSSR count). The van der Waals surface area contributed by atoms with E-state index in [9.17, 15) is 4.39 Å². The number of halogens is 1. The molecule has 1 heterocycles. The van der Waals surface area contributed by atoms with Crippen LogP contribution in [0.2, 0.25) is 0 Å². The van der Waals surface area contributed by atoms with E-state index >= 15 is 0 Å². The molecule has 0 atom stereocenters. The lowest BCUT2D eigenvalue weighted by Gasteiger charge is -2.16. The standard InChI is InChI=1S/C17H17FO2S/c1-11-6-7-14(12(2)10-11)21-15-5-3-4-13(18)16(15)17-19-8-9-20-17/h3-7,10,17H,8-9H2,1-2H3. The van der Waals surface area contributed by atoms with Gasteiger partial charge in [0.25, 0.3) is 0 Å². The SMILES string of the molecule is Cc1ccc(Sc2cccc(F)c2C2OCCO2)c(C)c1. The molecule has 0 aromatic heterocycles. The first-order valence-corrected chi connectivity index (χ1v) is 7.73. The molecule has 0 bridgehead atoms. The molecule has 2 aromatic carbocycles. The van der Waals surface area contributed by atoms with Crippen LogP contribution in [0, 0.1) is 19.7 Å². The summed E-state index contributed by atoms with van der Waals surface area (Å²) in [6.07, 6.45) is -0.598. The van der Waals surface area contributed by atoms with Gasteiger partial charge in [0.15, 0.2) is 6.29 Å². The third kappa shape index (κ3) is 3.12. The first-order chi connectivity index (χ1) is 10.1. The Bertz CT molecular complexity index is 651. The lowest BCUT2D eigenvalue weighted by atomic mass is 10.2. The molecule has 1 saturated heterocycles. The number of hydrogen-bond donors (Lipinski definition) is 0. The van der Waals surface area contributed by atoms with Crippen LogP contribution in [-0.4, -0.2) is 13.2 Å². The Labute approximate surface area is 128 Å². The maximum absolute atomic E-state index is 14.2. The summed E-state index contributed by atoms with van der Waals surface area (Å²) in [4.78, 5) is 1.96. The summed E-state index contributed by atoms with van der Waals surface area (Å²) < 4.78 is 25.1. The van der Waals surface area contributed by atoms with Gasteiger partial charge in [-0.2, -0.15) is 0 Å². The van der Waals surface area contributed by atoms with Crippen LogP contribution in [0.5, 0.6) is 0 Å². The van der Waals surface area contributed by atoms with Crippen LogP contribution in [0.3, 0.4) is 0 Å². The summed E-state index contributed by atoms with van der Waals surface area (Å²) in [6, 6.07) is 11.3. The minimum atomic E-state index is -0.598. The summed E-state index contributed by atoms with van der Waals surface area (Å²) in [7, 11) is 0. The van der Waals surface area contributed by atoms with Gasteiger partial charge >= 0.3 is 0 Å². The van der Waals surface area contributed by atoms with Crippen LogP contribution in [-0.2, 0) is 9.47 Å². The minimum absolute atomic E-state index is 0.281. The molecule has 0 radical (unpaired) electrons. The smallest absolute Gasteiger partial charge is 0.187 e. The number of hydrogen-bond acceptors (Lipinski definition) is 3. The average molecular weight is 304 g/mol. The molecule has 4 heteroatoms. The van der Waals surface area contributed by atoms with Gasteiger partial charge in [0.1, 0.15) is 5.82 Å². The second-order valence-electron chi connectivity index (χ2n) is 5.10. The van der Waals surface area contributed by atoms with Crippen LogP contribution in [0.4, 0.5) is 4.39 Å². The fourth-order valence-corrected chi connectivity index (χ4v) is 3.44. The van der Waals surface area contributed by atoms with E-state index in [1.807, 2.05) is 6.07 Å². The van der Waals surface area contributed by atoms with Crippen molar-refractivity contribution in [1.29, 1.82) is 0 Å². The predicted octanol–water partition coefficient (Wildman–Crippen LogP) is 4.64. The second kappa shape index (κ2) is 6.18. The Kier molecular flexibility index (Phi) is 4.29. The molecule has 0 saturated carbocycles. The van der Waals surface area contributed by atoms with Gasteiger partial charge in [-0.1, -0.05) is 35.5 Å². The van der Waals surface area contributed by atoms with Crippen molar-refractivity contribution in [2.45, 2.75) is 29.9 Å². The lowest BCUT2D eigenvalue weighted by molar-refractivity contribution is -0.0484. The molecule has 1 aliphatic heterocycles. The zero-order chi connectivity index (χ0) is 14.8. The maximum Gasteiger partial charge on any atom is 0.187 e. The third-order valence-corrected chi connectivity index (χ3v) is 4.67. The molecule has 110 valence electrons. The Morgan fingerprint density at radius 2 is 1.81 bits per heavy atom. The zero-order valence-corrected chi connectivity index (χ0v) is 12.9. The highest BCUT2D eigenvalue weighted by Crippen LogP contribution is 2.38. The summed E-state index contributed by atoms with van der Waals surface area (Å²) in [5.41, 5.74) is 2.90. The highest BCUT2D eigenvalue weighted by molar-refractivity contribution is 7.99. The first kappa shape index (κ1) is 14.6. The summed E-state index contributed by atoms with van der Waals surface area (Å²) in [5, 5.41) is 0. The second-order valence-corrected chi connectivity index (χ2v) is 6.18. The molecule has 0 amide bonds. The van der Waals surface area contributed by atoms with Gasteiger partial charge < -0.3 is 9.47 Å². The van der Waals surface area contributed by atoms with Gasteiger partial charge in [0.2, 0.25) is 0 Å². The largest absolute Gasteiger partial charge is 0.346 e. The average Bonchev–Trinajstić information content (AvgIpc) is 2.96. The van der Waals surface area contributed by atoms with E-state index in [4.69, 9.17) is 9.47 Å². The Morgan fingerprint density at radius 3 is 2.52 bits per heavy atom. The van der Waals surface area contributed by atoms with Gasteiger partial charge in [-0.3, -0.25) is 0 Å². The highest BCUT2D eigenvalue weighted by Gasteiger charge is 2.25. The van der Waals surface area contributed by atoms with E-state index in [0.717, 1.165) is 9.79 Å². The predicted molar refractivity (Wildman–Crippen MR) is 81.1 cm³/mol. The monoisotopic (exact) mass is 304 g/mol. The van der Waals surface area contributed by atoms with E-state index in [-0.39, 0.29) is 5.82 Å². The van der Waals surface area contributed by atoms with Crippen molar-refractivity contribution in [3.63, 3.8) is 0 Å². The van der Waals surface area contributed by atoms with Gasteiger partial charge in [-0.05, 0) is 37.6 Å². The van der Waals surface area contributed by atoms with Crippen LogP contribution in [0.15, 0.2) is 46.2 Å². The number of aryl methyl sites for hydroxylation is 2. The molecule has 1 fully saturated rings. The third-order valence-electron chi connectivity index (χ3n) is 3.42. The fourth-order valence-electron chi connectivity index (χ4n) is 2.39. The molecule has 21 heavy (non-hydrogen) atoms. The summed E-state index contributed by atoms with van der Waals surface area (Å²) in [5.74, 6) is -0.281. The molecule has 0 spiro atoms. The number of rotatable bonds is 3. The molecule has 0 unspecified atom stereocenters. The van der Waals surface area contributed by atoms with Gasteiger partial charge in [0.05, 0.1) is 18.8 Å². The topological polar surface area (TPSA) is 18.5 Å².